The number of carbonyl (C=O) groups is 1. The first kappa shape index (κ1) is 16.0. The Bertz CT molecular complexity index is 459. The number of hydrogen-bond donors (Lipinski definition) is 1. The third kappa shape index (κ3) is 4.86. The van der Waals surface area contributed by atoms with Crippen molar-refractivity contribution < 1.29 is 9.53 Å². The summed E-state index contributed by atoms with van der Waals surface area (Å²) in [5.74, 6) is -0.0783. The maximum Gasteiger partial charge on any atom is 0.252 e. The summed E-state index contributed by atoms with van der Waals surface area (Å²) in [6.45, 7) is 1.14. The van der Waals surface area contributed by atoms with Crippen LogP contribution in [0.3, 0.4) is 0 Å². The smallest absolute Gasteiger partial charge is 0.252 e. The number of hydrogen-bond acceptors (Lipinski definition) is 2. The normalized spacial score (nSPS) is 16.1. The van der Waals surface area contributed by atoms with Crippen molar-refractivity contribution in [3.05, 3.63) is 32.7 Å². The van der Waals surface area contributed by atoms with Gasteiger partial charge in [-0.2, -0.15) is 0 Å². The van der Waals surface area contributed by atoms with Gasteiger partial charge in [-0.15, -0.1) is 0 Å². The number of amides is 1. The zero-order valence-corrected chi connectivity index (χ0v) is 14.5. The molecule has 1 aromatic rings. The summed E-state index contributed by atoms with van der Waals surface area (Å²) in [5, 5.41) is 2.89. The van der Waals surface area contributed by atoms with Crippen molar-refractivity contribution in [2.75, 3.05) is 13.2 Å². The van der Waals surface area contributed by atoms with Gasteiger partial charge in [-0.1, -0.05) is 35.2 Å². The van der Waals surface area contributed by atoms with Crippen molar-refractivity contribution in [1.82, 2.24) is 5.32 Å². The van der Waals surface area contributed by atoms with Crippen molar-refractivity contribution in [1.29, 1.82) is 0 Å². The van der Waals surface area contributed by atoms with E-state index in [9.17, 15) is 4.79 Å². The predicted molar refractivity (Wildman–Crippen MR) is 87.0 cm³/mol. The van der Waals surface area contributed by atoms with Crippen LogP contribution < -0.4 is 5.32 Å². The van der Waals surface area contributed by atoms with E-state index < -0.39 is 0 Å². The van der Waals surface area contributed by atoms with Crippen molar-refractivity contribution in [3.8, 4) is 0 Å². The molecule has 0 saturated heterocycles. The Kier molecular flexibility index (Phi) is 6.52. The maximum absolute atomic E-state index is 12.1. The van der Waals surface area contributed by atoms with Gasteiger partial charge in [-0.05, 0) is 47.0 Å². The van der Waals surface area contributed by atoms with E-state index in [1.54, 1.807) is 6.07 Å². The van der Waals surface area contributed by atoms with Crippen LogP contribution in [0.4, 0.5) is 0 Å². The first-order chi connectivity index (χ1) is 9.66. The molecule has 0 atom stereocenters. The molecule has 3 nitrogen and oxygen atoms in total. The van der Waals surface area contributed by atoms with E-state index >= 15 is 0 Å². The fraction of sp³-hybridized carbons (Fsp3) is 0.533. The summed E-state index contributed by atoms with van der Waals surface area (Å²) in [7, 11) is 0. The molecule has 20 heavy (non-hydrogen) atoms. The second-order valence-electron chi connectivity index (χ2n) is 5.01. The molecule has 2 rings (SSSR count). The van der Waals surface area contributed by atoms with Gasteiger partial charge in [0.2, 0.25) is 0 Å². The van der Waals surface area contributed by atoms with Crippen LogP contribution in [0.25, 0.3) is 0 Å². The topological polar surface area (TPSA) is 38.3 Å². The van der Waals surface area contributed by atoms with Crippen LogP contribution in [0.5, 0.6) is 0 Å². The number of halogens is 2. The van der Waals surface area contributed by atoms with Crippen LogP contribution in [-0.2, 0) is 4.74 Å². The van der Waals surface area contributed by atoms with Gasteiger partial charge >= 0.3 is 0 Å². The summed E-state index contributed by atoms with van der Waals surface area (Å²) in [6, 6.07) is 5.56. The minimum absolute atomic E-state index is 0.0783. The zero-order chi connectivity index (χ0) is 14.4. The molecular formula is C15H19Br2NO2. The molecule has 1 aliphatic rings. The summed E-state index contributed by atoms with van der Waals surface area (Å²) in [5.41, 5.74) is 0.636. The molecule has 1 saturated carbocycles. The van der Waals surface area contributed by atoms with E-state index in [4.69, 9.17) is 4.74 Å². The molecular weight excluding hydrogens is 386 g/mol. The SMILES string of the molecule is O=C(NCCOC1CCCCC1)c1cc(Br)ccc1Br. The number of nitrogens with one attached hydrogen (secondary N) is 1. The van der Waals surface area contributed by atoms with Crippen molar-refractivity contribution in [2.45, 2.75) is 38.2 Å². The first-order valence-electron chi connectivity index (χ1n) is 7.01. The Morgan fingerprint density at radius 3 is 2.75 bits per heavy atom. The van der Waals surface area contributed by atoms with Gasteiger partial charge in [0, 0.05) is 15.5 Å². The van der Waals surface area contributed by atoms with Crippen LogP contribution in [-0.4, -0.2) is 25.2 Å². The average Bonchev–Trinajstić information content (AvgIpc) is 2.47. The molecule has 1 amide bonds. The minimum Gasteiger partial charge on any atom is -0.376 e. The molecule has 0 heterocycles. The predicted octanol–water partition coefficient (Wildman–Crippen LogP) is 4.29. The molecule has 5 heteroatoms. The van der Waals surface area contributed by atoms with Gasteiger partial charge in [0.15, 0.2) is 0 Å². The van der Waals surface area contributed by atoms with Gasteiger partial charge < -0.3 is 10.1 Å². The monoisotopic (exact) mass is 403 g/mol. The second kappa shape index (κ2) is 8.15. The minimum atomic E-state index is -0.0783. The average molecular weight is 405 g/mol. The fourth-order valence-corrected chi connectivity index (χ4v) is 3.18. The molecule has 1 aliphatic carbocycles. The summed E-state index contributed by atoms with van der Waals surface area (Å²) < 4.78 is 7.48. The molecule has 1 aromatic carbocycles. The standard InChI is InChI=1S/C15H19Br2NO2/c16-11-6-7-14(17)13(10-11)15(19)18-8-9-20-12-4-2-1-3-5-12/h6-7,10,12H,1-5,8-9H2,(H,18,19). The number of carbonyl (C=O) groups excluding carboxylic acids is 1. The Morgan fingerprint density at radius 2 is 2.00 bits per heavy atom. The zero-order valence-electron chi connectivity index (χ0n) is 11.3. The van der Waals surface area contributed by atoms with Gasteiger partial charge in [-0.3, -0.25) is 4.79 Å². The quantitative estimate of drug-likeness (QED) is 0.743. The Morgan fingerprint density at radius 1 is 1.25 bits per heavy atom. The third-order valence-corrected chi connectivity index (χ3v) is 4.65. The lowest BCUT2D eigenvalue weighted by Gasteiger charge is -2.22. The van der Waals surface area contributed by atoms with E-state index in [2.05, 4.69) is 37.2 Å². The van der Waals surface area contributed by atoms with Crippen LogP contribution >= 0.6 is 31.9 Å². The molecule has 0 aliphatic heterocycles. The summed E-state index contributed by atoms with van der Waals surface area (Å²) in [4.78, 5) is 12.1. The van der Waals surface area contributed by atoms with Gasteiger partial charge in [-0.25, -0.2) is 0 Å². The Labute approximate surface area is 136 Å². The van der Waals surface area contributed by atoms with Crippen LogP contribution in [0.15, 0.2) is 27.1 Å². The van der Waals surface area contributed by atoms with E-state index in [-0.39, 0.29) is 5.91 Å². The lowest BCUT2D eigenvalue weighted by Crippen LogP contribution is -2.29. The van der Waals surface area contributed by atoms with Crippen molar-refractivity contribution in [3.63, 3.8) is 0 Å². The van der Waals surface area contributed by atoms with Gasteiger partial charge in [0.25, 0.3) is 5.91 Å². The van der Waals surface area contributed by atoms with Crippen molar-refractivity contribution >= 4 is 37.8 Å². The number of benzene rings is 1. The highest BCUT2D eigenvalue weighted by Crippen LogP contribution is 2.22. The van der Waals surface area contributed by atoms with Crippen molar-refractivity contribution in [2.24, 2.45) is 0 Å². The van der Waals surface area contributed by atoms with E-state index in [1.807, 2.05) is 12.1 Å². The highest BCUT2D eigenvalue weighted by Gasteiger charge is 2.14. The number of ether oxygens (including phenoxy) is 1. The molecule has 0 unspecified atom stereocenters. The fourth-order valence-electron chi connectivity index (χ4n) is 2.39. The molecule has 0 bridgehead atoms. The summed E-state index contributed by atoms with van der Waals surface area (Å²) >= 11 is 6.76. The maximum atomic E-state index is 12.1. The third-order valence-electron chi connectivity index (χ3n) is 3.47. The largest absolute Gasteiger partial charge is 0.376 e. The lowest BCUT2D eigenvalue weighted by molar-refractivity contribution is 0.0299. The van der Waals surface area contributed by atoms with E-state index in [0.29, 0.717) is 24.8 Å². The van der Waals surface area contributed by atoms with E-state index in [1.165, 1.54) is 19.3 Å². The van der Waals surface area contributed by atoms with E-state index in [0.717, 1.165) is 21.8 Å². The number of rotatable bonds is 5. The van der Waals surface area contributed by atoms with Gasteiger partial charge in [0.05, 0.1) is 18.3 Å². The molecule has 0 spiro atoms. The lowest BCUT2D eigenvalue weighted by atomic mass is 9.98. The first-order valence-corrected chi connectivity index (χ1v) is 8.60. The molecule has 0 aromatic heterocycles. The van der Waals surface area contributed by atoms with Crippen LogP contribution in [0, 0.1) is 0 Å². The second-order valence-corrected chi connectivity index (χ2v) is 6.78. The summed E-state index contributed by atoms with van der Waals surface area (Å²) in [6.07, 6.45) is 6.56. The molecule has 1 fully saturated rings. The Balaban J connectivity index is 1.73. The van der Waals surface area contributed by atoms with Gasteiger partial charge in [0.1, 0.15) is 0 Å². The Hall–Kier alpha value is -0.390. The van der Waals surface area contributed by atoms with Crippen LogP contribution in [0.1, 0.15) is 42.5 Å². The highest BCUT2D eigenvalue weighted by atomic mass is 79.9. The molecule has 0 radical (unpaired) electrons. The highest BCUT2D eigenvalue weighted by molar-refractivity contribution is 9.11. The van der Waals surface area contributed by atoms with Crippen LogP contribution in [0.2, 0.25) is 0 Å². The molecule has 1 N–H and O–H groups in total. The molecule has 110 valence electrons.